The highest BCUT2D eigenvalue weighted by Crippen LogP contribution is 2.30. The number of anilines is 1. The SMILES string of the molecule is CNC(=O)c1ccc(OC2CCN(c3ccc(-c4ccccc4)cc3CO)C2)nc1. The third kappa shape index (κ3) is 4.28. The van der Waals surface area contributed by atoms with Crippen molar-refractivity contribution < 1.29 is 14.6 Å². The standard InChI is InChI=1S/C24H25N3O3/c1-25-24(29)19-8-10-23(26-14-19)30-21-11-12-27(15-21)22-9-7-18(13-20(22)16-28)17-5-3-2-4-6-17/h2-10,13-14,21,28H,11-12,15-16H2,1H3,(H,25,29). The Labute approximate surface area is 176 Å². The first-order valence-electron chi connectivity index (χ1n) is 10.1. The highest BCUT2D eigenvalue weighted by atomic mass is 16.5. The highest BCUT2D eigenvalue weighted by Gasteiger charge is 2.26. The van der Waals surface area contributed by atoms with Gasteiger partial charge in [0.1, 0.15) is 6.10 Å². The highest BCUT2D eigenvalue weighted by molar-refractivity contribution is 5.93. The van der Waals surface area contributed by atoms with Crippen LogP contribution in [-0.2, 0) is 6.61 Å². The number of aliphatic hydroxyl groups is 1. The predicted molar refractivity (Wildman–Crippen MR) is 117 cm³/mol. The lowest BCUT2D eigenvalue weighted by Crippen LogP contribution is -2.25. The fourth-order valence-corrected chi connectivity index (χ4v) is 3.77. The number of carbonyl (C=O) groups excluding carboxylic acids is 1. The van der Waals surface area contributed by atoms with E-state index < -0.39 is 0 Å². The lowest BCUT2D eigenvalue weighted by atomic mass is 10.0. The van der Waals surface area contributed by atoms with E-state index in [1.54, 1.807) is 19.2 Å². The molecule has 154 valence electrons. The number of aromatic nitrogens is 1. The van der Waals surface area contributed by atoms with Gasteiger partial charge in [-0.05, 0) is 29.3 Å². The van der Waals surface area contributed by atoms with E-state index in [2.05, 4.69) is 45.5 Å². The van der Waals surface area contributed by atoms with Gasteiger partial charge in [0.2, 0.25) is 5.88 Å². The second-order valence-corrected chi connectivity index (χ2v) is 7.31. The van der Waals surface area contributed by atoms with Gasteiger partial charge in [0.25, 0.3) is 5.91 Å². The zero-order chi connectivity index (χ0) is 20.9. The van der Waals surface area contributed by atoms with Crippen molar-refractivity contribution in [3.8, 4) is 17.0 Å². The summed E-state index contributed by atoms with van der Waals surface area (Å²) >= 11 is 0. The first-order valence-corrected chi connectivity index (χ1v) is 10.1. The quantitative estimate of drug-likeness (QED) is 0.661. The minimum atomic E-state index is -0.170. The van der Waals surface area contributed by atoms with E-state index in [4.69, 9.17) is 4.74 Å². The van der Waals surface area contributed by atoms with Gasteiger partial charge in [0, 0.05) is 43.5 Å². The van der Waals surface area contributed by atoms with E-state index in [0.717, 1.165) is 41.9 Å². The second-order valence-electron chi connectivity index (χ2n) is 7.31. The topological polar surface area (TPSA) is 74.7 Å². The number of aliphatic hydroxyl groups excluding tert-OH is 1. The summed E-state index contributed by atoms with van der Waals surface area (Å²) in [6.07, 6.45) is 2.39. The predicted octanol–water partition coefficient (Wildman–Crippen LogP) is 3.26. The average Bonchev–Trinajstić information content (AvgIpc) is 3.27. The zero-order valence-electron chi connectivity index (χ0n) is 16.9. The molecule has 0 aliphatic carbocycles. The van der Waals surface area contributed by atoms with Crippen molar-refractivity contribution >= 4 is 11.6 Å². The monoisotopic (exact) mass is 403 g/mol. The van der Waals surface area contributed by atoms with Crippen LogP contribution in [0.1, 0.15) is 22.3 Å². The Morgan fingerprint density at radius 1 is 1.17 bits per heavy atom. The summed E-state index contributed by atoms with van der Waals surface area (Å²) in [5.74, 6) is 0.341. The van der Waals surface area contributed by atoms with Crippen LogP contribution in [0.25, 0.3) is 11.1 Å². The summed E-state index contributed by atoms with van der Waals surface area (Å²) < 4.78 is 6.01. The Bertz CT molecular complexity index is 1010. The van der Waals surface area contributed by atoms with E-state index in [1.807, 2.05) is 18.2 Å². The van der Waals surface area contributed by atoms with Gasteiger partial charge in [-0.15, -0.1) is 0 Å². The maximum absolute atomic E-state index is 11.6. The van der Waals surface area contributed by atoms with Crippen LogP contribution >= 0.6 is 0 Å². The number of carbonyl (C=O) groups is 1. The van der Waals surface area contributed by atoms with Crippen molar-refractivity contribution in [3.63, 3.8) is 0 Å². The molecule has 6 nitrogen and oxygen atoms in total. The van der Waals surface area contributed by atoms with Crippen molar-refractivity contribution in [2.45, 2.75) is 19.1 Å². The van der Waals surface area contributed by atoms with Gasteiger partial charge in [0.05, 0.1) is 18.7 Å². The molecule has 2 heterocycles. The van der Waals surface area contributed by atoms with Crippen molar-refractivity contribution in [3.05, 3.63) is 78.0 Å². The molecule has 1 atom stereocenters. The molecule has 3 aromatic rings. The minimum absolute atomic E-state index is 0.00342. The molecule has 1 amide bonds. The normalized spacial score (nSPS) is 15.8. The van der Waals surface area contributed by atoms with Gasteiger partial charge in [0.15, 0.2) is 0 Å². The Kier molecular flexibility index (Phi) is 5.95. The molecule has 0 bridgehead atoms. The molecule has 6 heteroatoms. The Balaban J connectivity index is 1.44. The summed E-state index contributed by atoms with van der Waals surface area (Å²) in [7, 11) is 1.59. The molecule has 30 heavy (non-hydrogen) atoms. The third-order valence-electron chi connectivity index (χ3n) is 5.36. The zero-order valence-corrected chi connectivity index (χ0v) is 16.9. The molecule has 1 aliphatic rings. The van der Waals surface area contributed by atoms with Gasteiger partial charge in [-0.25, -0.2) is 4.98 Å². The van der Waals surface area contributed by atoms with Gasteiger partial charge < -0.3 is 20.1 Å². The van der Waals surface area contributed by atoms with E-state index in [9.17, 15) is 9.90 Å². The average molecular weight is 403 g/mol. The fourth-order valence-electron chi connectivity index (χ4n) is 3.77. The lowest BCUT2D eigenvalue weighted by Gasteiger charge is -2.22. The molecule has 0 spiro atoms. The molecule has 2 aromatic carbocycles. The minimum Gasteiger partial charge on any atom is -0.472 e. The number of ether oxygens (including phenoxy) is 1. The number of nitrogens with zero attached hydrogens (tertiary/aromatic N) is 2. The lowest BCUT2D eigenvalue weighted by molar-refractivity contribution is 0.0962. The molecule has 1 aliphatic heterocycles. The Hall–Kier alpha value is -3.38. The fraction of sp³-hybridized carbons (Fsp3) is 0.250. The summed E-state index contributed by atoms with van der Waals surface area (Å²) in [6, 6.07) is 19.8. The first-order chi connectivity index (χ1) is 14.7. The molecular weight excluding hydrogens is 378 g/mol. The summed E-state index contributed by atoms with van der Waals surface area (Å²) in [6.45, 7) is 1.55. The Morgan fingerprint density at radius 2 is 2.00 bits per heavy atom. The van der Waals surface area contributed by atoms with E-state index in [1.165, 1.54) is 6.20 Å². The first kappa shape index (κ1) is 19.9. The smallest absolute Gasteiger partial charge is 0.252 e. The molecule has 1 fully saturated rings. The van der Waals surface area contributed by atoms with Crippen LogP contribution in [0.3, 0.4) is 0 Å². The molecule has 1 aromatic heterocycles. The van der Waals surface area contributed by atoms with E-state index in [0.29, 0.717) is 11.4 Å². The van der Waals surface area contributed by atoms with Gasteiger partial charge in [-0.3, -0.25) is 4.79 Å². The number of rotatable bonds is 6. The number of hydrogen-bond acceptors (Lipinski definition) is 5. The van der Waals surface area contributed by atoms with Crippen molar-refractivity contribution in [1.29, 1.82) is 0 Å². The van der Waals surface area contributed by atoms with Crippen LogP contribution in [0.15, 0.2) is 66.9 Å². The van der Waals surface area contributed by atoms with Crippen LogP contribution in [0.4, 0.5) is 5.69 Å². The molecule has 2 N–H and O–H groups in total. The maximum atomic E-state index is 11.6. The van der Waals surface area contributed by atoms with Gasteiger partial charge in [-0.2, -0.15) is 0 Å². The van der Waals surface area contributed by atoms with Crippen LogP contribution < -0.4 is 15.0 Å². The van der Waals surface area contributed by atoms with E-state index in [-0.39, 0.29) is 18.6 Å². The molecule has 0 radical (unpaired) electrons. The number of nitrogens with one attached hydrogen (secondary N) is 1. The number of benzene rings is 2. The molecular formula is C24H25N3O3. The molecule has 4 rings (SSSR count). The second kappa shape index (κ2) is 8.97. The largest absolute Gasteiger partial charge is 0.472 e. The van der Waals surface area contributed by atoms with Crippen molar-refractivity contribution in [1.82, 2.24) is 10.3 Å². The maximum Gasteiger partial charge on any atom is 0.252 e. The van der Waals surface area contributed by atoms with Gasteiger partial charge >= 0.3 is 0 Å². The molecule has 1 saturated heterocycles. The van der Waals surface area contributed by atoms with E-state index >= 15 is 0 Å². The molecule has 1 unspecified atom stereocenters. The Morgan fingerprint density at radius 3 is 2.70 bits per heavy atom. The van der Waals surface area contributed by atoms with Crippen LogP contribution in [-0.4, -0.2) is 42.2 Å². The van der Waals surface area contributed by atoms with Crippen LogP contribution in [0.2, 0.25) is 0 Å². The summed E-state index contributed by atoms with van der Waals surface area (Å²) in [5, 5.41) is 12.5. The van der Waals surface area contributed by atoms with Gasteiger partial charge in [-0.1, -0.05) is 36.4 Å². The summed E-state index contributed by atoms with van der Waals surface area (Å²) in [5.41, 5.74) is 4.67. The number of hydrogen-bond donors (Lipinski definition) is 2. The molecule has 0 saturated carbocycles. The summed E-state index contributed by atoms with van der Waals surface area (Å²) in [4.78, 5) is 18.1. The van der Waals surface area contributed by atoms with Crippen molar-refractivity contribution in [2.75, 3.05) is 25.0 Å². The van der Waals surface area contributed by atoms with Crippen molar-refractivity contribution in [2.24, 2.45) is 0 Å². The van der Waals surface area contributed by atoms with Crippen LogP contribution in [0.5, 0.6) is 5.88 Å². The van der Waals surface area contributed by atoms with Crippen LogP contribution in [0, 0.1) is 0 Å². The third-order valence-corrected chi connectivity index (χ3v) is 5.36. The number of amides is 1. The number of pyridine rings is 1.